The molecule has 0 aliphatic rings. The Morgan fingerprint density at radius 3 is 1.64 bits per heavy atom. The second kappa shape index (κ2) is 29.8. The maximum atomic E-state index is 13.7. The van der Waals surface area contributed by atoms with Crippen LogP contribution in [0.15, 0.2) is 4.99 Å². The topological polar surface area (TPSA) is 397 Å². The first-order chi connectivity index (χ1) is 26.5. The molecule has 0 aromatic heterocycles. The number of rotatable bonds is 31. The maximum absolute atomic E-state index is 13.7. The van der Waals surface area contributed by atoms with Crippen molar-refractivity contribution in [1.82, 2.24) is 31.9 Å². The summed E-state index contributed by atoms with van der Waals surface area (Å²) in [5.74, 6) is -6.84. The van der Waals surface area contributed by atoms with E-state index >= 15 is 0 Å². The number of aliphatic carboxylic acids is 1. The second-order valence-corrected chi connectivity index (χ2v) is 14.0. The largest absolute Gasteiger partial charge is 0.480 e. The number of carbonyl (C=O) groups is 8. The fourth-order valence-electron chi connectivity index (χ4n) is 4.91. The number of amides is 7. The van der Waals surface area contributed by atoms with Crippen molar-refractivity contribution in [3.63, 3.8) is 0 Å². The van der Waals surface area contributed by atoms with Gasteiger partial charge in [-0.1, -0.05) is 0 Å². The molecule has 0 aromatic carbocycles. The van der Waals surface area contributed by atoms with E-state index in [9.17, 15) is 43.5 Å². The van der Waals surface area contributed by atoms with Crippen LogP contribution >= 0.6 is 24.4 Å². The van der Waals surface area contributed by atoms with Gasteiger partial charge in [-0.2, -0.15) is 24.4 Å². The Hall–Kier alpha value is -4.39. The Bertz CT molecular complexity index is 1320. The molecule has 6 atom stereocenters. The van der Waals surface area contributed by atoms with Gasteiger partial charge < -0.3 is 71.4 Å². The summed E-state index contributed by atoms with van der Waals surface area (Å²) >= 11 is 5.39. The van der Waals surface area contributed by atoms with Crippen molar-refractivity contribution in [3.8, 4) is 0 Å². The summed E-state index contributed by atoms with van der Waals surface area (Å²) in [4.78, 5) is 106. The van der Waals surface area contributed by atoms with Crippen molar-refractivity contribution in [3.05, 3.63) is 0 Å². The molecule has 0 saturated carbocycles. The molecule has 320 valence electrons. The number of hydrogen-bond donors (Lipinski definition) is 14. The van der Waals surface area contributed by atoms with E-state index in [1.807, 2.05) is 0 Å². The molecule has 0 radical (unpaired) electrons. The number of nitrogens with two attached hydrogens (primary N) is 6. The third-order valence-electron chi connectivity index (χ3n) is 7.98. The first kappa shape index (κ1) is 51.6. The number of guanidine groups is 1. The number of aliphatic imine (C=N–C) groups is 1. The number of carboxylic acids is 1. The molecule has 0 saturated heterocycles. The van der Waals surface area contributed by atoms with Crippen molar-refractivity contribution in [1.29, 1.82) is 0 Å². The minimum Gasteiger partial charge on any atom is -0.480 e. The fourth-order valence-corrected chi connectivity index (χ4v) is 5.55. The summed E-state index contributed by atoms with van der Waals surface area (Å²) in [6.07, 6.45) is 3.36. The quantitative estimate of drug-likeness (QED) is 0.0134. The van der Waals surface area contributed by atoms with E-state index in [0.717, 1.165) is 0 Å². The predicted molar refractivity (Wildman–Crippen MR) is 215 cm³/mol. The first-order valence-electron chi connectivity index (χ1n) is 18.1. The van der Waals surface area contributed by atoms with Gasteiger partial charge in [0.15, 0.2) is 5.96 Å². The highest BCUT2D eigenvalue weighted by atomic mass is 32.2. The van der Waals surface area contributed by atoms with Crippen LogP contribution in [-0.2, 0) is 38.4 Å². The van der Waals surface area contributed by atoms with Gasteiger partial charge in [0.25, 0.3) is 0 Å². The normalized spacial score (nSPS) is 14.0. The van der Waals surface area contributed by atoms with Gasteiger partial charge in [-0.3, -0.25) is 38.6 Å². The zero-order valence-electron chi connectivity index (χ0n) is 31.8. The van der Waals surface area contributed by atoms with Gasteiger partial charge >= 0.3 is 5.97 Å². The van der Waals surface area contributed by atoms with Gasteiger partial charge in [0, 0.05) is 12.3 Å². The van der Waals surface area contributed by atoms with Crippen LogP contribution < -0.4 is 66.3 Å². The summed E-state index contributed by atoms with van der Waals surface area (Å²) in [7, 11) is 0. The lowest BCUT2D eigenvalue weighted by Crippen LogP contribution is -2.59. The first-order valence-corrected chi connectivity index (χ1v) is 20.1. The minimum atomic E-state index is -1.57. The Kier molecular flexibility index (Phi) is 27.5. The van der Waals surface area contributed by atoms with Gasteiger partial charge in [-0.15, -0.1) is 0 Å². The van der Waals surface area contributed by atoms with Gasteiger partial charge in [0.05, 0.1) is 19.0 Å². The molecule has 0 bridgehead atoms. The molecule has 0 rings (SSSR count). The van der Waals surface area contributed by atoms with E-state index in [1.54, 1.807) is 6.26 Å². The molecule has 19 N–H and O–H groups in total. The molecule has 0 aliphatic heterocycles. The third kappa shape index (κ3) is 22.9. The standard InChI is InChI=1S/C32H61N13O9S2/c1-56-14-10-21(42-26(48)18(35)17-55)29(51)45-23(15-24(36)46)30(52)44-20(7-2-4-11-33)28(50)43-19(9-6-13-39-32(37)38)27(49)40-16-25(47)41-22(31(53)54)8-3-5-12-34/h18-23,55H,2-17,33-35H2,1H3,(H2,36,46)(H,40,49)(H,41,47)(H,42,48)(H,43,50)(H,44,52)(H,45,51)(H,53,54)(H4,37,38,39)/t18-,19-,20-,21-,22-,23-/m0/s1. The van der Waals surface area contributed by atoms with Crippen molar-refractivity contribution in [2.75, 3.05) is 43.9 Å². The summed E-state index contributed by atoms with van der Waals surface area (Å²) < 4.78 is 0. The summed E-state index contributed by atoms with van der Waals surface area (Å²) in [6, 6.07) is -7.54. The molecule has 24 heteroatoms. The summed E-state index contributed by atoms with van der Waals surface area (Å²) in [5.41, 5.74) is 33.0. The number of nitrogens with zero attached hydrogens (tertiary/aromatic N) is 1. The van der Waals surface area contributed by atoms with Crippen LogP contribution in [0.4, 0.5) is 0 Å². The second-order valence-electron chi connectivity index (χ2n) is 12.7. The van der Waals surface area contributed by atoms with E-state index in [4.69, 9.17) is 34.4 Å². The molecule has 0 fully saturated rings. The average molecular weight is 836 g/mol. The van der Waals surface area contributed by atoms with Crippen LogP contribution in [0.25, 0.3) is 0 Å². The monoisotopic (exact) mass is 835 g/mol. The average Bonchev–Trinajstić information content (AvgIpc) is 3.14. The van der Waals surface area contributed by atoms with Crippen LogP contribution in [-0.4, -0.2) is 139 Å². The molecular formula is C32H61N13O9S2. The van der Waals surface area contributed by atoms with Crippen molar-refractivity contribution < 1.29 is 43.5 Å². The fraction of sp³-hybridized carbons (Fsp3) is 0.719. The lowest BCUT2D eigenvalue weighted by atomic mass is 10.0. The lowest BCUT2D eigenvalue weighted by molar-refractivity contribution is -0.142. The zero-order valence-corrected chi connectivity index (χ0v) is 33.5. The molecule has 56 heavy (non-hydrogen) atoms. The molecule has 0 unspecified atom stereocenters. The zero-order chi connectivity index (χ0) is 42.6. The van der Waals surface area contributed by atoms with Crippen LogP contribution in [0.5, 0.6) is 0 Å². The van der Waals surface area contributed by atoms with Gasteiger partial charge in [-0.05, 0) is 82.9 Å². The lowest BCUT2D eigenvalue weighted by Gasteiger charge is -2.26. The molecular weight excluding hydrogens is 775 g/mol. The van der Waals surface area contributed by atoms with Crippen LogP contribution in [0.3, 0.4) is 0 Å². The van der Waals surface area contributed by atoms with E-state index in [-0.39, 0.29) is 56.9 Å². The highest BCUT2D eigenvalue weighted by molar-refractivity contribution is 7.98. The summed E-state index contributed by atoms with van der Waals surface area (Å²) in [5, 5.41) is 24.2. The molecule has 0 aromatic rings. The number of primary amides is 1. The highest BCUT2D eigenvalue weighted by Gasteiger charge is 2.32. The van der Waals surface area contributed by atoms with E-state index in [0.29, 0.717) is 38.0 Å². The van der Waals surface area contributed by atoms with E-state index in [2.05, 4.69) is 49.5 Å². The highest BCUT2D eigenvalue weighted by Crippen LogP contribution is 2.08. The number of carbonyl (C=O) groups excluding carboxylic acids is 7. The van der Waals surface area contributed by atoms with Gasteiger partial charge in [-0.25, -0.2) is 4.79 Å². The molecule has 0 heterocycles. The van der Waals surface area contributed by atoms with E-state index in [1.165, 1.54) is 11.8 Å². The number of nitrogens with one attached hydrogen (secondary N) is 6. The Balaban J connectivity index is 6.16. The van der Waals surface area contributed by atoms with Gasteiger partial charge in [0.1, 0.15) is 30.2 Å². The Morgan fingerprint density at radius 2 is 1.14 bits per heavy atom. The van der Waals surface area contributed by atoms with Gasteiger partial charge in [0.2, 0.25) is 41.4 Å². The smallest absolute Gasteiger partial charge is 0.326 e. The number of unbranched alkanes of at least 4 members (excludes halogenated alkanes) is 2. The predicted octanol–water partition coefficient (Wildman–Crippen LogP) is -5.19. The van der Waals surface area contributed by atoms with Crippen molar-refractivity contribution in [2.45, 2.75) is 100 Å². The molecule has 22 nitrogen and oxygen atoms in total. The maximum Gasteiger partial charge on any atom is 0.326 e. The third-order valence-corrected chi connectivity index (χ3v) is 9.01. The number of hydrogen-bond acceptors (Lipinski definition) is 14. The molecule has 0 aliphatic carbocycles. The van der Waals surface area contributed by atoms with Crippen LogP contribution in [0.2, 0.25) is 0 Å². The molecule has 7 amide bonds. The Labute approximate surface area is 336 Å². The van der Waals surface area contributed by atoms with Crippen molar-refractivity contribution >= 4 is 77.7 Å². The number of carboxylic acid groups (broad SMARTS) is 1. The van der Waals surface area contributed by atoms with E-state index < -0.39 is 96.5 Å². The molecule has 0 spiro atoms. The minimum absolute atomic E-state index is 0.000310. The van der Waals surface area contributed by atoms with Crippen LogP contribution in [0.1, 0.15) is 64.2 Å². The number of thiol groups is 1. The number of thioether (sulfide) groups is 1. The summed E-state index contributed by atoms with van der Waals surface area (Å²) in [6.45, 7) is 0.0670. The van der Waals surface area contributed by atoms with Crippen molar-refractivity contribution in [2.24, 2.45) is 39.4 Å². The SMILES string of the molecule is CSCC[C@H](NC(=O)[C@@H](N)CS)C(=O)N[C@@H](CC(N)=O)C(=O)N[C@@H](CCCCN)C(=O)N[C@@H](CCCN=C(N)N)C(=O)NCC(=O)N[C@@H](CCCCN)C(=O)O. The van der Waals surface area contributed by atoms with Crippen LogP contribution in [0, 0.1) is 0 Å². The Morgan fingerprint density at radius 1 is 0.661 bits per heavy atom.